The predicted molar refractivity (Wildman–Crippen MR) is 120 cm³/mol. The van der Waals surface area contributed by atoms with Crippen LogP contribution in [0.4, 0.5) is 16.0 Å². The molecule has 1 saturated carbocycles. The topological polar surface area (TPSA) is 84.1 Å². The lowest BCUT2D eigenvalue weighted by Crippen LogP contribution is -2.02. The number of aliphatic hydroxyl groups excluding tert-OH is 1. The van der Waals surface area contributed by atoms with E-state index in [4.69, 9.17) is 22.4 Å². The van der Waals surface area contributed by atoms with Crippen molar-refractivity contribution in [2.24, 2.45) is 5.92 Å². The maximum absolute atomic E-state index is 13.2. The summed E-state index contributed by atoms with van der Waals surface area (Å²) >= 11 is 6.15. The fourth-order valence-electron chi connectivity index (χ4n) is 3.37. The third-order valence-electron chi connectivity index (χ3n) is 5.00. The monoisotopic (exact) mass is 428 g/mol. The Kier molecular flexibility index (Phi) is 7.99. The minimum Gasteiger partial charge on any atom is -0.396 e. The molecular formula is C23H26ClFN4O. The average Bonchev–Trinajstić information content (AvgIpc) is 3.29. The molecule has 0 spiro atoms. The molecule has 2 heterocycles. The van der Waals surface area contributed by atoms with E-state index in [1.165, 1.54) is 44.0 Å². The molecule has 4 rings (SSSR count). The van der Waals surface area contributed by atoms with E-state index in [1.54, 1.807) is 12.1 Å². The predicted octanol–water partition coefficient (Wildman–Crippen LogP) is 5.30. The maximum atomic E-state index is 13.2. The number of aromatic nitrogens is 2. The van der Waals surface area contributed by atoms with Crippen LogP contribution in [0.1, 0.15) is 31.2 Å². The van der Waals surface area contributed by atoms with Crippen molar-refractivity contribution in [2.75, 3.05) is 17.7 Å². The van der Waals surface area contributed by atoms with Crippen molar-refractivity contribution in [1.82, 2.24) is 9.97 Å². The zero-order valence-corrected chi connectivity index (χ0v) is 17.4. The second-order valence-electron chi connectivity index (χ2n) is 7.31. The lowest BCUT2D eigenvalue weighted by molar-refractivity contribution is 0.230. The highest BCUT2D eigenvalue weighted by atomic mass is 35.5. The van der Waals surface area contributed by atoms with E-state index in [0.717, 1.165) is 5.56 Å². The molecule has 0 amide bonds. The quantitative estimate of drug-likeness (QED) is 0.513. The van der Waals surface area contributed by atoms with Crippen molar-refractivity contribution >= 4 is 23.2 Å². The SMILES string of the molecule is Nc1cc(-c2cccc(NCc3cccc(F)c3)n2)c(Cl)cn1.OCC1CCCC1. The summed E-state index contributed by atoms with van der Waals surface area (Å²) < 4.78 is 13.2. The van der Waals surface area contributed by atoms with Gasteiger partial charge in [0, 0.05) is 24.9 Å². The van der Waals surface area contributed by atoms with Crippen LogP contribution < -0.4 is 11.1 Å². The van der Waals surface area contributed by atoms with Gasteiger partial charge >= 0.3 is 0 Å². The molecule has 0 aliphatic heterocycles. The fourth-order valence-corrected chi connectivity index (χ4v) is 3.57. The maximum Gasteiger partial charge on any atom is 0.126 e. The molecule has 1 fully saturated rings. The first-order valence-corrected chi connectivity index (χ1v) is 10.4. The molecule has 0 atom stereocenters. The van der Waals surface area contributed by atoms with Crippen LogP contribution in [0.3, 0.4) is 0 Å². The number of aliphatic hydroxyl groups is 1. The molecular weight excluding hydrogens is 403 g/mol. The van der Waals surface area contributed by atoms with E-state index >= 15 is 0 Å². The summed E-state index contributed by atoms with van der Waals surface area (Å²) in [6.45, 7) is 0.889. The van der Waals surface area contributed by atoms with E-state index in [-0.39, 0.29) is 5.82 Å². The summed E-state index contributed by atoms with van der Waals surface area (Å²) in [5.41, 5.74) is 7.94. The van der Waals surface area contributed by atoms with Crippen molar-refractivity contribution in [3.05, 3.63) is 71.1 Å². The van der Waals surface area contributed by atoms with Gasteiger partial charge in [0.2, 0.25) is 0 Å². The molecule has 2 aromatic heterocycles. The number of rotatable bonds is 5. The smallest absolute Gasteiger partial charge is 0.126 e. The van der Waals surface area contributed by atoms with Gasteiger partial charge in [0.25, 0.3) is 0 Å². The van der Waals surface area contributed by atoms with E-state index in [2.05, 4.69) is 15.3 Å². The number of nitrogens with two attached hydrogens (primary N) is 1. The van der Waals surface area contributed by atoms with Crippen LogP contribution in [0.25, 0.3) is 11.3 Å². The Hall–Kier alpha value is -2.70. The van der Waals surface area contributed by atoms with Crippen LogP contribution in [0, 0.1) is 11.7 Å². The molecule has 7 heteroatoms. The molecule has 0 bridgehead atoms. The number of anilines is 2. The fraction of sp³-hybridized carbons (Fsp3) is 0.304. The summed E-state index contributed by atoms with van der Waals surface area (Å²) in [5.74, 6) is 1.44. The molecule has 0 radical (unpaired) electrons. The number of nitrogens with one attached hydrogen (secondary N) is 1. The van der Waals surface area contributed by atoms with Crippen LogP contribution in [0.15, 0.2) is 54.7 Å². The molecule has 158 valence electrons. The molecule has 1 aliphatic rings. The molecule has 1 aliphatic carbocycles. The highest BCUT2D eigenvalue weighted by molar-refractivity contribution is 6.33. The number of benzene rings is 1. The second-order valence-corrected chi connectivity index (χ2v) is 7.72. The van der Waals surface area contributed by atoms with Gasteiger partial charge in [-0.2, -0.15) is 0 Å². The summed E-state index contributed by atoms with van der Waals surface area (Å²) in [5, 5.41) is 12.2. The second kappa shape index (κ2) is 10.9. The minimum absolute atomic E-state index is 0.259. The van der Waals surface area contributed by atoms with E-state index < -0.39 is 0 Å². The Bertz CT molecular complexity index is 963. The average molecular weight is 429 g/mol. The van der Waals surface area contributed by atoms with Gasteiger partial charge in [0.05, 0.1) is 10.7 Å². The molecule has 3 aromatic rings. The first-order chi connectivity index (χ1) is 14.5. The van der Waals surface area contributed by atoms with Gasteiger partial charge in [-0.3, -0.25) is 0 Å². The van der Waals surface area contributed by atoms with Crippen LogP contribution in [0.2, 0.25) is 5.02 Å². The van der Waals surface area contributed by atoms with Crippen LogP contribution in [-0.4, -0.2) is 21.7 Å². The van der Waals surface area contributed by atoms with Crippen molar-refractivity contribution in [1.29, 1.82) is 0 Å². The minimum atomic E-state index is -0.259. The lowest BCUT2D eigenvalue weighted by Gasteiger charge is -2.09. The van der Waals surface area contributed by atoms with Crippen LogP contribution in [0.5, 0.6) is 0 Å². The largest absolute Gasteiger partial charge is 0.396 e. The van der Waals surface area contributed by atoms with Gasteiger partial charge in [-0.25, -0.2) is 14.4 Å². The van der Waals surface area contributed by atoms with Gasteiger partial charge in [-0.05, 0) is 54.7 Å². The molecule has 4 N–H and O–H groups in total. The van der Waals surface area contributed by atoms with Crippen molar-refractivity contribution in [3.63, 3.8) is 0 Å². The molecule has 0 saturated heterocycles. The Morgan fingerprint density at radius 1 is 1.13 bits per heavy atom. The van der Waals surface area contributed by atoms with Crippen molar-refractivity contribution in [2.45, 2.75) is 32.2 Å². The highest BCUT2D eigenvalue weighted by Gasteiger charge is 2.12. The number of halogens is 2. The van der Waals surface area contributed by atoms with E-state index in [1.807, 2.05) is 24.3 Å². The molecule has 30 heavy (non-hydrogen) atoms. The standard InChI is InChI=1S/C17H14ClFN4.C6H12O/c18-14-10-21-16(20)8-13(14)15-5-2-6-17(23-15)22-9-11-3-1-4-12(19)7-11;7-5-6-3-1-2-4-6/h1-8,10H,9H2,(H2,20,21)(H,22,23);6-7H,1-5H2. The molecule has 0 unspecified atom stereocenters. The van der Waals surface area contributed by atoms with E-state index in [9.17, 15) is 4.39 Å². The summed E-state index contributed by atoms with van der Waals surface area (Å²) in [4.78, 5) is 8.45. The Balaban J connectivity index is 0.000000310. The highest BCUT2D eigenvalue weighted by Crippen LogP contribution is 2.28. The van der Waals surface area contributed by atoms with Gasteiger partial charge in [-0.1, -0.05) is 42.6 Å². The van der Waals surface area contributed by atoms with Crippen LogP contribution in [-0.2, 0) is 6.54 Å². The van der Waals surface area contributed by atoms with Gasteiger partial charge in [-0.15, -0.1) is 0 Å². The summed E-state index contributed by atoms with van der Waals surface area (Å²) in [6.07, 6.45) is 6.70. The van der Waals surface area contributed by atoms with E-state index in [0.29, 0.717) is 47.0 Å². The normalized spacial score (nSPS) is 13.6. The summed E-state index contributed by atoms with van der Waals surface area (Å²) in [6, 6.07) is 13.6. The zero-order valence-electron chi connectivity index (χ0n) is 16.7. The van der Waals surface area contributed by atoms with Crippen LogP contribution >= 0.6 is 11.6 Å². The molecule has 5 nitrogen and oxygen atoms in total. The third-order valence-corrected chi connectivity index (χ3v) is 5.30. The number of pyridine rings is 2. The van der Waals surface area contributed by atoms with Gasteiger partial charge in [0.15, 0.2) is 0 Å². The summed E-state index contributed by atoms with van der Waals surface area (Å²) in [7, 11) is 0. The number of nitrogens with zero attached hydrogens (tertiary/aromatic N) is 2. The Morgan fingerprint density at radius 2 is 1.90 bits per heavy atom. The van der Waals surface area contributed by atoms with Gasteiger partial charge in [0.1, 0.15) is 17.5 Å². The third kappa shape index (κ3) is 6.40. The number of hydrogen-bond acceptors (Lipinski definition) is 5. The lowest BCUT2D eigenvalue weighted by atomic mass is 10.1. The zero-order chi connectivity index (χ0) is 21.3. The Morgan fingerprint density at radius 3 is 2.60 bits per heavy atom. The first kappa shape index (κ1) is 22.0. The Labute approximate surface area is 181 Å². The molecule has 1 aromatic carbocycles. The first-order valence-electron chi connectivity index (χ1n) is 10.0. The van der Waals surface area contributed by atoms with Crippen molar-refractivity contribution < 1.29 is 9.50 Å². The van der Waals surface area contributed by atoms with Gasteiger partial charge < -0.3 is 16.2 Å². The number of hydrogen-bond donors (Lipinski definition) is 3. The number of nitrogen functional groups attached to an aromatic ring is 1. The van der Waals surface area contributed by atoms with Crippen molar-refractivity contribution in [3.8, 4) is 11.3 Å².